The first kappa shape index (κ1) is 15.0. The average molecular weight is 274 g/mol. The van der Waals surface area contributed by atoms with Gasteiger partial charge in [-0.05, 0) is 37.8 Å². The minimum atomic E-state index is 0.197. The summed E-state index contributed by atoms with van der Waals surface area (Å²) in [5.74, 6) is 0.197. The van der Waals surface area contributed by atoms with Gasteiger partial charge in [0.15, 0.2) is 0 Å². The molecule has 1 saturated heterocycles. The molecule has 110 valence electrons. The van der Waals surface area contributed by atoms with Gasteiger partial charge in [0, 0.05) is 25.6 Å². The standard InChI is InChI=1S/C17H26N2O/c1-2-12-19-13-10-16(11-14-19)18-17(20)9-8-15-6-4-3-5-7-15/h3-7,16H,2,8-14H2,1H3,(H,18,20). The van der Waals surface area contributed by atoms with Crippen molar-refractivity contribution >= 4 is 5.91 Å². The van der Waals surface area contributed by atoms with Crippen LogP contribution in [0.2, 0.25) is 0 Å². The zero-order chi connectivity index (χ0) is 14.2. The van der Waals surface area contributed by atoms with Crippen LogP contribution < -0.4 is 5.32 Å². The summed E-state index contributed by atoms with van der Waals surface area (Å²) in [7, 11) is 0. The predicted octanol–water partition coefficient (Wildman–Crippen LogP) is 2.61. The van der Waals surface area contributed by atoms with Crippen LogP contribution in [0.3, 0.4) is 0 Å². The molecule has 20 heavy (non-hydrogen) atoms. The molecule has 1 amide bonds. The number of hydrogen-bond acceptors (Lipinski definition) is 2. The molecule has 0 unspecified atom stereocenters. The molecule has 2 rings (SSSR count). The van der Waals surface area contributed by atoms with Gasteiger partial charge in [0.2, 0.25) is 5.91 Å². The van der Waals surface area contributed by atoms with Crippen molar-refractivity contribution in [2.45, 2.75) is 45.1 Å². The highest BCUT2D eigenvalue weighted by Crippen LogP contribution is 2.11. The van der Waals surface area contributed by atoms with Gasteiger partial charge in [-0.3, -0.25) is 4.79 Å². The number of benzene rings is 1. The maximum Gasteiger partial charge on any atom is 0.220 e. The number of nitrogens with zero attached hydrogens (tertiary/aromatic N) is 1. The molecule has 1 fully saturated rings. The van der Waals surface area contributed by atoms with Crippen molar-refractivity contribution in [3.05, 3.63) is 35.9 Å². The fraction of sp³-hybridized carbons (Fsp3) is 0.588. The van der Waals surface area contributed by atoms with Gasteiger partial charge < -0.3 is 10.2 Å². The molecule has 1 aliphatic heterocycles. The molecule has 3 heteroatoms. The first-order chi connectivity index (χ1) is 9.78. The van der Waals surface area contributed by atoms with Crippen LogP contribution in [-0.4, -0.2) is 36.5 Å². The molecular formula is C17H26N2O. The zero-order valence-electron chi connectivity index (χ0n) is 12.5. The number of carbonyl (C=O) groups excluding carboxylic acids is 1. The fourth-order valence-electron chi connectivity index (χ4n) is 2.82. The number of nitrogens with one attached hydrogen (secondary N) is 1. The van der Waals surface area contributed by atoms with E-state index in [2.05, 4.69) is 29.3 Å². The van der Waals surface area contributed by atoms with E-state index in [4.69, 9.17) is 0 Å². The first-order valence-electron chi connectivity index (χ1n) is 7.83. The lowest BCUT2D eigenvalue weighted by Crippen LogP contribution is -2.44. The van der Waals surface area contributed by atoms with E-state index < -0.39 is 0 Å². The monoisotopic (exact) mass is 274 g/mol. The quantitative estimate of drug-likeness (QED) is 0.865. The number of amides is 1. The maximum atomic E-state index is 12.0. The molecule has 0 aliphatic carbocycles. The van der Waals surface area contributed by atoms with Crippen LogP contribution in [0.25, 0.3) is 0 Å². The van der Waals surface area contributed by atoms with Gasteiger partial charge in [0.1, 0.15) is 0 Å². The van der Waals surface area contributed by atoms with Gasteiger partial charge in [-0.1, -0.05) is 37.3 Å². The molecule has 1 N–H and O–H groups in total. The van der Waals surface area contributed by atoms with E-state index in [0.717, 1.165) is 32.4 Å². The number of piperidine rings is 1. The van der Waals surface area contributed by atoms with Gasteiger partial charge in [-0.25, -0.2) is 0 Å². The summed E-state index contributed by atoms with van der Waals surface area (Å²) >= 11 is 0. The summed E-state index contributed by atoms with van der Waals surface area (Å²) in [4.78, 5) is 14.5. The van der Waals surface area contributed by atoms with Crippen LogP contribution in [0.4, 0.5) is 0 Å². The Morgan fingerprint density at radius 1 is 1.25 bits per heavy atom. The molecule has 1 aromatic carbocycles. The van der Waals surface area contributed by atoms with Crippen LogP contribution >= 0.6 is 0 Å². The van der Waals surface area contributed by atoms with Crippen molar-refractivity contribution in [3.8, 4) is 0 Å². The largest absolute Gasteiger partial charge is 0.353 e. The molecule has 1 heterocycles. The topological polar surface area (TPSA) is 32.3 Å². The molecule has 0 spiro atoms. The molecule has 0 radical (unpaired) electrons. The van der Waals surface area contributed by atoms with E-state index in [1.54, 1.807) is 0 Å². The molecule has 3 nitrogen and oxygen atoms in total. The highest BCUT2D eigenvalue weighted by atomic mass is 16.1. The van der Waals surface area contributed by atoms with Crippen LogP contribution in [0.15, 0.2) is 30.3 Å². The molecule has 0 aromatic heterocycles. The van der Waals surface area contributed by atoms with Gasteiger partial charge >= 0.3 is 0 Å². The van der Waals surface area contributed by atoms with Crippen molar-refractivity contribution in [1.82, 2.24) is 10.2 Å². The van der Waals surface area contributed by atoms with E-state index in [9.17, 15) is 4.79 Å². The number of hydrogen-bond donors (Lipinski definition) is 1. The lowest BCUT2D eigenvalue weighted by atomic mass is 10.0. The maximum absolute atomic E-state index is 12.0. The SMILES string of the molecule is CCCN1CCC(NC(=O)CCc2ccccc2)CC1. The Kier molecular flexibility index (Phi) is 6.06. The second-order valence-electron chi connectivity index (χ2n) is 5.67. The lowest BCUT2D eigenvalue weighted by Gasteiger charge is -2.32. The minimum absolute atomic E-state index is 0.197. The van der Waals surface area contributed by atoms with Gasteiger partial charge in [-0.2, -0.15) is 0 Å². The van der Waals surface area contributed by atoms with E-state index in [0.29, 0.717) is 12.5 Å². The zero-order valence-corrected chi connectivity index (χ0v) is 12.5. The fourth-order valence-corrected chi connectivity index (χ4v) is 2.82. The van der Waals surface area contributed by atoms with Crippen LogP contribution in [-0.2, 0) is 11.2 Å². The Hall–Kier alpha value is -1.35. The Bertz CT molecular complexity index is 397. The highest BCUT2D eigenvalue weighted by molar-refractivity contribution is 5.76. The van der Waals surface area contributed by atoms with E-state index in [1.807, 2.05) is 18.2 Å². The Balaban J connectivity index is 1.65. The Morgan fingerprint density at radius 2 is 1.95 bits per heavy atom. The lowest BCUT2D eigenvalue weighted by molar-refractivity contribution is -0.122. The van der Waals surface area contributed by atoms with Crippen molar-refractivity contribution < 1.29 is 4.79 Å². The third kappa shape index (κ3) is 4.97. The summed E-state index contributed by atoms with van der Waals surface area (Å²) < 4.78 is 0. The summed E-state index contributed by atoms with van der Waals surface area (Å²) in [5.41, 5.74) is 1.24. The van der Waals surface area contributed by atoms with Crippen molar-refractivity contribution in [1.29, 1.82) is 0 Å². The number of likely N-dealkylation sites (tertiary alicyclic amines) is 1. The van der Waals surface area contributed by atoms with Crippen molar-refractivity contribution in [3.63, 3.8) is 0 Å². The number of rotatable bonds is 6. The molecule has 0 bridgehead atoms. The Labute approximate surface area is 122 Å². The molecular weight excluding hydrogens is 248 g/mol. The normalized spacial score (nSPS) is 17.1. The van der Waals surface area contributed by atoms with E-state index in [-0.39, 0.29) is 5.91 Å². The van der Waals surface area contributed by atoms with Crippen LogP contribution in [0.5, 0.6) is 0 Å². The van der Waals surface area contributed by atoms with E-state index in [1.165, 1.54) is 18.5 Å². The Morgan fingerprint density at radius 3 is 2.60 bits per heavy atom. The summed E-state index contributed by atoms with van der Waals surface area (Å²) in [6.45, 7) is 5.65. The molecule has 0 saturated carbocycles. The van der Waals surface area contributed by atoms with Crippen molar-refractivity contribution in [2.24, 2.45) is 0 Å². The van der Waals surface area contributed by atoms with Crippen LogP contribution in [0, 0.1) is 0 Å². The smallest absolute Gasteiger partial charge is 0.220 e. The van der Waals surface area contributed by atoms with Gasteiger partial charge in [0.25, 0.3) is 0 Å². The summed E-state index contributed by atoms with van der Waals surface area (Å²) in [6, 6.07) is 10.6. The highest BCUT2D eigenvalue weighted by Gasteiger charge is 2.19. The second-order valence-corrected chi connectivity index (χ2v) is 5.67. The minimum Gasteiger partial charge on any atom is -0.353 e. The summed E-state index contributed by atoms with van der Waals surface area (Å²) in [6.07, 6.45) is 4.84. The molecule has 1 aromatic rings. The van der Waals surface area contributed by atoms with Crippen molar-refractivity contribution in [2.75, 3.05) is 19.6 Å². The predicted molar refractivity (Wildman–Crippen MR) is 82.7 cm³/mol. The molecule has 0 atom stereocenters. The average Bonchev–Trinajstić information content (AvgIpc) is 2.49. The second kappa shape index (κ2) is 8.05. The summed E-state index contributed by atoms with van der Waals surface area (Å²) in [5, 5.41) is 3.19. The van der Waals surface area contributed by atoms with E-state index >= 15 is 0 Å². The number of carbonyl (C=O) groups is 1. The van der Waals surface area contributed by atoms with Gasteiger partial charge in [0.05, 0.1) is 0 Å². The van der Waals surface area contributed by atoms with Gasteiger partial charge in [-0.15, -0.1) is 0 Å². The van der Waals surface area contributed by atoms with Crippen LogP contribution in [0.1, 0.15) is 38.2 Å². The third-order valence-electron chi connectivity index (χ3n) is 3.98. The first-order valence-corrected chi connectivity index (χ1v) is 7.83. The molecule has 1 aliphatic rings. The third-order valence-corrected chi connectivity index (χ3v) is 3.98. The number of aryl methyl sites for hydroxylation is 1.